The molecule has 0 fully saturated rings. The molecule has 0 atom stereocenters. The lowest BCUT2D eigenvalue weighted by atomic mass is 10.2. The van der Waals surface area contributed by atoms with Crippen molar-refractivity contribution in [2.24, 2.45) is 0 Å². The highest BCUT2D eigenvalue weighted by Gasteiger charge is 2.03. The number of rotatable bonds is 3. The lowest BCUT2D eigenvalue weighted by molar-refractivity contribution is 0.281. The predicted octanol–water partition coefficient (Wildman–Crippen LogP) is 3.87. The zero-order valence-corrected chi connectivity index (χ0v) is 10.4. The fourth-order valence-electron chi connectivity index (χ4n) is 1.39. The van der Waals surface area contributed by atoms with Gasteiger partial charge in [-0.15, -0.1) is 0 Å². The molecule has 0 amide bonds. The van der Waals surface area contributed by atoms with Crippen LogP contribution in [-0.4, -0.2) is 5.11 Å². The third kappa shape index (κ3) is 3.05. The number of hydrogen-bond donors (Lipinski definition) is 1. The van der Waals surface area contributed by atoms with E-state index in [0.717, 1.165) is 10.0 Å². The average molecular weight is 297 g/mol. The van der Waals surface area contributed by atoms with Crippen LogP contribution in [0.5, 0.6) is 11.5 Å². The highest BCUT2D eigenvalue weighted by atomic mass is 79.9. The van der Waals surface area contributed by atoms with Gasteiger partial charge in [0, 0.05) is 10.5 Å². The molecule has 1 N–H and O–H groups in total. The van der Waals surface area contributed by atoms with Crippen LogP contribution >= 0.6 is 15.9 Å². The first-order valence-corrected chi connectivity index (χ1v) is 5.81. The van der Waals surface area contributed by atoms with E-state index in [0.29, 0.717) is 11.5 Å². The molecular weight excluding hydrogens is 287 g/mol. The van der Waals surface area contributed by atoms with E-state index in [1.807, 2.05) is 0 Å². The van der Waals surface area contributed by atoms with Crippen molar-refractivity contribution in [3.63, 3.8) is 0 Å². The zero-order valence-electron chi connectivity index (χ0n) is 8.86. The zero-order chi connectivity index (χ0) is 12.3. The average Bonchev–Trinajstić information content (AvgIpc) is 2.29. The summed E-state index contributed by atoms with van der Waals surface area (Å²) < 4.78 is 19.2. The van der Waals surface area contributed by atoms with Gasteiger partial charge in [-0.25, -0.2) is 4.39 Å². The van der Waals surface area contributed by atoms with Crippen molar-refractivity contribution in [2.45, 2.75) is 6.61 Å². The molecule has 2 nitrogen and oxygen atoms in total. The maximum atomic E-state index is 12.9. The first-order valence-electron chi connectivity index (χ1n) is 5.02. The fourth-order valence-corrected chi connectivity index (χ4v) is 1.87. The van der Waals surface area contributed by atoms with Gasteiger partial charge in [0.25, 0.3) is 0 Å². The van der Waals surface area contributed by atoms with Crippen LogP contribution in [0.4, 0.5) is 4.39 Å². The van der Waals surface area contributed by atoms with E-state index in [4.69, 9.17) is 9.84 Å². The number of aliphatic hydroxyl groups is 1. The largest absolute Gasteiger partial charge is 0.457 e. The Morgan fingerprint density at radius 2 is 1.88 bits per heavy atom. The molecule has 17 heavy (non-hydrogen) atoms. The standard InChI is InChI=1S/C13H10BrFO2/c14-13-7-12(5-4-9(13)8-16)17-11-3-1-2-10(15)6-11/h1-7,16H,8H2. The summed E-state index contributed by atoms with van der Waals surface area (Å²) in [5, 5.41) is 9.02. The topological polar surface area (TPSA) is 29.5 Å². The summed E-state index contributed by atoms with van der Waals surface area (Å²) >= 11 is 3.32. The minimum atomic E-state index is -0.339. The van der Waals surface area contributed by atoms with Crippen molar-refractivity contribution in [2.75, 3.05) is 0 Å². The summed E-state index contributed by atoms with van der Waals surface area (Å²) in [6.07, 6.45) is 0. The number of hydrogen-bond acceptors (Lipinski definition) is 2. The lowest BCUT2D eigenvalue weighted by Crippen LogP contribution is -1.88. The first-order chi connectivity index (χ1) is 8.19. The minimum absolute atomic E-state index is 0.0408. The van der Waals surface area contributed by atoms with Crippen molar-refractivity contribution >= 4 is 15.9 Å². The molecule has 2 rings (SSSR count). The van der Waals surface area contributed by atoms with E-state index in [1.165, 1.54) is 12.1 Å². The SMILES string of the molecule is OCc1ccc(Oc2cccc(F)c2)cc1Br. The predicted molar refractivity (Wildman–Crippen MR) is 66.5 cm³/mol. The quantitative estimate of drug-likeness (QED) is 0.931. The van der Waals surface area contributed by atoms with Crippen LogP contribution in [-0.2, 0) is 6.61 Å². The van der Waals surface area contributed by atoms with Crippen LogP contribution in [0, 0.1) is 5.82 Å². The summed E-state index contributed by atoms with van der Waals surface area (Å²) in [5.74, 6) is 0.682. The molecule has 4 heteroatoms. The second-order valence-electron chi connectivity index (χ2n) is 3.47. The molecule has 0 aliphatic rings. The Morgan fingerprint density at radius 3 is 2.53 bits per heavy atom. The Labute approximate surface area is 107 Å². The van der Waals surface area contributed by atoms with Gasteiger partial charge >= 0.3 is 0 Å². The van der Waals surface area contributed by atoms with E-state index in [-0.39, 0.29) is 12.4 Å². The molecular formula is C13H10BrFO2. The van der Waals surface area contributed by atoms with Gasteiger partial charge in [0.15, 0.2) is 0 Å². The molecule has 0 heterocycles. The van der Waals surface area contributed by atoms with Gasteiger partial charge in [-0.3, -0.25) is 0 Å². The molecule has 0 aliphatic heterocycles. The van der Waals surface area contributed by atoms with E-state index in [1.54, 1.807) is 30.3 Å². The third-order valence-electron chi connectivity index (χ3n) is 2.23. The maximum Gasteiger partial charge on any atom is 0.130 e. The molecule has 0 aromatic heterocycles. The Hall–Kier alpha value is -1.39. The summed E-state index contributed by atoms with van der Waals surface area (Å²) in [6.45, 7) is -0.0408. The molecule has 0 saturated heterocycles. The number of ether oxygens (including phenoxy) is 1. The van der Waals surface area contributed by atoms with Gasteiger partial charge in [-0.2, -0.15) is 0 Å². The van der Waals surface area contributed by atoms with E-state index in [2.05, 4.69) is 15.9 Å². The molecule has 0 saturated carbocycles. The van der Waals surface area contributed by atoms with Crippen molar-refractivity contribution in [3.8, 4) is 11.5 Å². The second kappa shape index (κ2) is 5.29. The van der Waals surface area contributed by atoms with Gasteiger partial charge in [0.2, 0.25) is 0 Å². The Bertz CT molecular complexity index is 529. The van der Waals surface area contributed by atoms with Crippen LogP contribution in [0.2, 0.25) is 0 Å². The molecule has 2 aromatic carbocycles. The highest BCUT2D eigenvalue weighted by Crippen LogP contribution is 2.27. The Balaban J connectivity index is 2.22. The van der Waals surface area contributed by atoms with Gasteiger partial charge in [0.05, 0.1) is 6.61 Å². The molecule has 0 spiro atoms. The molecule has 0 aliphatic carbocycles. The molecule has 88 valence electrons. The third-order valence-corrected chi connectivity index (χ3v) is 2.96. The summed E-state index contributed by atoms with van der Waals surface area (Å²) in [6, 6.07) is 11.1. The summed E-state index contributed by atoms with van der Waals surface area (Å²) in [4.78, 5) is 0. The van der Waals surface area contributed by atoms with E-state index < -0.39 is 0 Å². The number of benzene rings is 2. The fraction of sp³-hybridized carbons (Fsp3) is 0.0769. The molecule has 0 radical (unpaired) electrons. The molecule has 2 aromatic rings. The Kier molecular flexibility index (Phi) is 3.76. The van der Waals surface area contributed by atoms with Gasteiger partial charge in [0.1, 0.15) is 17.3 Å². The summed E-state index contributed by atoms with van der Waals surface area (Å²) in [5.41, 5.74) is 0.775. The normalized spacial score (nSPS) is 10.3. The van der Waals surface area contributed by atoms with Crippen LogP contribution in [0.3, 0.4) is 0 Å². The van der Waals surface area contributed by atoms with Gasteiger partial charge in [-0.1, -0.05) is 28.1 Å². The summed E-state index contributed by atoms with van der Waals surface area (Å²) in [7, 11) is 0. The van der Waals surface area contributed by atoms with Crippen molar-refractivity contribution in [3.05, 3.63) is 58.3 Å². The van der Waals surface area contributed by atoms with Crippen molar-refractivity contribution < 1.29 is 14.2 Å². The number of halogens is 2. The minimum Gasteiger partial charge on any atom is -0.457 e. The van der Waals surface area contributed by atoms with Crippen molar-refractivity contribution in [1.29, 1.82) is 0 Å². The van der Waals surface area contributed by atoms with Crippen LogP contribution in [0.15, 0.2) is 46.9 Å². The lowest BCUT2D eigenvalue weighted by Gasteiger charge is -2.07. The number of aliphatic hydroxyl groups excluding tert-OH is 1. The van der Waals surface area contributed by atoms with E-state index >= 15 is 0 Å². The van der Waals surface area contributed by atoms with Crippen molar-refractivity contribution in [1.82, 2.24) is 0 Å². The first kappa shape index (κ1) is 12.1. The highest BCUT2D eigenvalue weighted by molar-refractivity contribution is 9.10. The second-order valence-corrected chi connectivity index (χ2v) is 4.33. The van der Waals surface area contributed by atoms with Crippen LogP contribution < -0.4 is 4.74 Å². The van der Waals surface area contributed by atoms with Crippen LogP contribution in [0.25, 0.3) is 0 Å². The van der Waals surface area contributed by atoms with Crippen LogP contribution in [0.1, 0.15) is 5.56 Å². The monoisotopic (exact) mass is 296 g/mol. The smallest absolute Gasteiger partial charge is 0.130 e. The van der Waals surface area contributed by atoms with Gasteiger partial charge in [-0.05, 0) is 29.8 Å². The van der Waals surface area contributed by atoms with Gasteiger partial charge < -0.3 is 9.84 Å². The van der Waals surface area contributed by atoms with E-state index in [9.17, 15) is 4.39 Å². The molecule has 0 unspecified atom stereocenters. The maximum absolute atomic E-state index is 12.9. The Morgan fingerprint density at radius 1 is 1.12 bits per heavy atom. The molecule has 0 bridgehead atoms.